The van der Waals surface area contributed by atoms with E-state index in [9.17, 15) is 8.42 Å². The van der Waals surface area contributed by atoms with Crippen molar-refractivity contribution in [3.63, 3.8) is 0 Å². The van der Waals surface area contributed by atoms with Gasteiger partial charge >= 0.3 is 0 Å². The van der Waals surface area contributed by atoms with E-state index >= 15 is 0 Å². The van der Waals surface area contributed by atoms with Crippen LogP contribution in [0.15, 0.2) is 34.2 Å². The highest BCUT2D eigenvalue weighted by Crippen LogP contribution is 2.14. The highest BCUT2D eigenvalue weighted by Gasteiger charge is 2.13. The fraction of sp³-hybridized carbons (Fsp3) is 0.273. The van der Waals surface area contributed by atoms with E-state index in [2.05, 4.69) is 27.2 Å². The van der Waals surface area contributed by atoms with Gasteiger partial charge in [-0.15, -0.1) is 0 Å². The predicted octanol–water partition coefficient (Wildman–Crippen LogP) is 2.49. The van der Waals surface area contributed by atoms with Gasteiger partial charge in [0.2, 0.25) is 10.0 Å². The number of aryl methyl sites for hydroxylation is 2. The standard InChI is InChI=1S/C11H14BrNO2S/c1-8-4-5-11(6-9(8)2)16(14,15)13-7-10(3)12/h4-6,13H,3,7H2,1-2H3. The lowest BCUT2D eigenvalue weighted by Gasteiger charge is -2.07. The maximum atomic E-state index is 11.8. The molecule has 1 rings (SSSR count). The van der Waals surface area contributed by atoms with Gasteiger partial charge in [-0.3, -0.25) is 0 Å². The van der Waals surface area contributed by atoms with Crippen molar-refractivity contribution in [1.29, 1.82) is 0 Å². The summed E-state index contributed by atoms with van der Waals surface area (Å²) in [6.07, 6.45) is 0. The number of nitrogens with one attached hydrogen (secondary N) is 1. The summed E-state index contributed by atoms with van der Waals surface area (Å²) in [6.45, 7) is 7.59. The van der Waals surface area contributed by atoms with E-state index in [1.54, 1.807) is 18.2 Å². The fourth-order valence-electron chi connectivity index (χ4n) is 1.14. The lowest BCUT2D eigenvalue weighted by Crippen LogP contribution is -2.24. The van der Waals surface area contributed by atoms with E-state index in [0.29, 0.717) is 4.48 Å². The number of hydrogen-bond donors (Lipinski definition) is 1. The highest BCUT2D eigenvalue weighted by atomic mass is 79.9. The van der Waals surface area contributed by atoms with Crippen molar-refractivity contribution in [1.82, 2.24) is 4.72 Å². The Morgan fingerprint density at radius 2 is 2.00 bits per heavy atom. The van der Waals surface area contributed by atoms with E-state index in [1.807, 2.05) is 13.8 Å². The van der Waals surface area contributed by atoms with Gasteiger partial charge in [0.05, 0.1) is 4.90 Å². The molecule has 1 aromatic carbocycles. The second-order valence-corrected chi connectivity index (χ2v) is 6.48. The summed E-state index contributed by atoms with van der Waals surface area (Å²) >= 11 is 3.10. The van der Waals surface area contributed by atoms with Crippen molar-refractivity contribution in [2.45, 2.75) is 18.7 Å². The summed E-state index contributed by atoms with van der Waals surface area (Å²) in [6, 6.07) is 5.06. The third-order valence-electron chi connectivity index (χ3n) is 2.24. The molecule has 0 radical (unpaired) electrons. The molecule has 0 saturated heterocycles. The molecule has 5 heteroatoms. The van der Waals surface area contributed by atoms with E-state index in [0.717, 1.165) is 11.1 Å². The summed E-state index contributed by atoms with van der Waals surface area (Å²) < 4.78 is 26.7. The molecule has 1 N–H and O–H groups in total. The molecule has 0 aliphatic carbocycles. The summed E-state index contributed by atoms with van der Waals surface area (Å²) in [4.78, 5) is 0.282. The smallest absolute Gasteiger partial charge is 0.207 e. The van der Waals surface area contributed by atoms with Crippen molar-refractivity contribution < 1.29 is 8.42 Å². The predicted molar refractivity (Wildman–Crippen MR) is 69.2 cm³/mol. The zero-order chi connectivity index (χ0) is 12.3. The van der Waals surface area contributed by atoms with Gasteiger partial charge in [0.1, 0.15) is 0 Å². The maximum absolute atomic E-state index is 11.8. The summed E-state index contributed by atoms with van der Waals surface area (Å²) in [7, 11) is -3.44. The van der Waals surface area contributed by atoms with Crippen LogP contribution >= 0.6 is 15.9 Å². The lowest BCUT2D eigenvalue weighted by molar-refractivity contribution is 0.585. The molecule has 0 saturated carbocycles. The molecule has 0 aromatic heterocycles. The normalized spacial score (nSPS) is 11.4. The Bertz CT molecular complexity index is 509. The number of sulfonamides is 1. The van der Waals surface area contributed by atoms with Crippen LogP contribution in [-0.2, 0) is 10.0 Å². The zero-order valence-corrected chi connectivity index (χ0v) is 11.7. The van der Waals surface area contributed by atoms with Crippen LogP contribution in [0.1, 0.15) is 11.1 Å². The number of rotatable bonds is 4. The molecule has 0 fully saturated rings. The largest absolute Gasteiger partial charge is 0.240 e. The number of hydrogen-bond acceptors (Lipinski definition) is 2. The molecular formula is C11H14BrNO2S. The van der Waals surface area contributed by atoms with Crippen LogP contribution in [0.4, 0.5) is 0 Å². The van der Waals surface area contributed by atoms with Gasteiger partial charge < -0.3 is 0 Å². The summed E-state index contributed by atoms with van der Waals surface area (Å²) in [5, 5.41) is 0. The van der Waals surface area contributed by atoms with E-state index in [-0.39, 0.29) is 11.4 Å². The Labute approximate surface area is 105 Å². The Morgan fingerprint density at radius 3 is 2.50 bits per heavy atom. The molecule has 0 heterocycles. The molecular weight excluding hydrogens is 290 g/mol. The molecule has 3 nitrogen and oxygen atoms in total. The molecule has 0 aliphatic heterocycles. The van der Waals surface area contributed by atoms with Gasteiger partial charge in [-0.25, -0.2) is 13.1 Å². The SMILES string of the molecule is C=C(Br)CNS(=O)(=O)c1ccc(C)c(C)c1. The molecule has 1 aromatic rings. The Balaban J connectivity index is 2.99. The third-order valence-corrected chi connectivity index (χ3v) is 3.92. The molecule has 0 unspecified atom stereocenters. The average molecular weight is 304 g/mol. The fourth-order valence-corrected chi connectivity index (χ4v) is 2.57. The van der Waals surface area contributed by atoms with Crippen LogP contribution in [0, 0.1) is 13.8 Å². The minimum Gasteiger partial charge on any atom is -0.207 e. The minimum atomic E-state index is -3.44. The first-order valence-corrected chi connectivity index (χ1v) is 7.01. The Kier molecular flexibility index (Phi) is 4.29. The van der Waals surface area contributed by atoms with Crippen LogP contribution in [0.25, 0.3) is 0 Å². The van der Waals surface area contributed by atoms with Gasteiger partial charge in [0, 0.05) is 11.0 Å². The minimum absolute atomic E-state index is 0.190. The molecule has 0 spiro atoms. The average Bonchev–Trinajstić information content (AvgIpc) is 2.19. The van der Waals surface area contributed by atoms with Crippen molar-refractivity contribution in [2.75, 3.05) is 6.54 Å². The lowest BCUT2D eigenvalue weighted by atomic mass is 10.1. The van der Waals surface area contributed by atoms with Gasteiger partial charge in [-0.2, -0.15) is 0 Å². The highest BCUT2D eigenvalue weighted by molar-refractivity contribution is 9.11. The summed E-state index contributed by atoms with van der Waals surface area (Å²) in [5.41, 5.74) is 2.03. The van der Waals surface area contributed by atoms with Crippen molar-refractivity contribution >= 4 is 26.0 Å². The van der Waals surface area contributed by atoms with Crippen molar-refractivity contribution in [3.05, 3.63) is 40.4 Å². The molecule has 16 heavy (non-hydrogen) atoms. The quantitative estimate of drug-likeness (QED) is 0.929. The second kappa shape index (κ2) is 5.12. The topological polar surface area (TPSA) is 46.2 Å². The van der Waals surface area contributed by atoms with Gasteiger partial charge in [0.25, 0.3) is 0 Å². The van der Waals surface area contributed by atoms with Crippen molar-refractivity contribution in [2.24, 2.45) is 0 Å². The summed E-state index contributed by atoms with van der Waals surface area (Å²) in [5.74, 6) is 0. The molecule has 88 valence electrons. The van der Waals surface area contributed by atoms with Crippen LogP contribution in [0.2, 0.25) is 0 Å². The molecule has 0 atom stereocenters. The molecule has 0 bridgehead atoms. The first-order valence-electron chi connectivity index (χ1n) is 4.73. The molecule has 0 aliphatic rings. The van der Waals surface area contributed by atoms with E-state index in [4.69, 9.17) is 0 Å². The van der Waals surface area contributed by atoms with E-state index < -0.39 is 10.0 Å². The van der Waals surface area contributed by atoms with Gasteiger partial charge in [-0.1, -0.05) is 28.6 Å². The van der Waals surface area contributed by atoms with Gasteiger partial charge in [0.15, 0.2) is 0 Å². The first-order chi connectivity index (χ1) is 7.33. The van der Waals surface area contributed by atoms with Gasteiger partial charge in [-0.05, 0) is 37.1 Å². The Morgan fingerprint density at radius 1 is 1.38 bits per heavy atom. The maximum Gasteiger partial charge on any atom is 0.240 e. The third kappa shape index (κ3) is 3.43. The van der Waals surface area contributed by atoms with Crippen LogP contribution < -0.4 is 4.72 Å². The zero-order valence-electron chi connectivity index (χ0n) is 9.25. The number of halogens is 1. The van der Waals surface area contributed by atoms with Crippen LogP contribution in [-0.4, -0.2) is 15.0 Å². The first kappa shape index (κ1) is 13.4. The Hall–Kier alpha value is -0.650. The van der Waals surface area contributed by atoms with Crippen LogP contribution in [0.5, 0.6) is 0 Å². The monoisotopic (exact) mass is 303 g/mol. The van der Waals surface area contributed by atoms with E-state index in [1.165, 1.54) is 0 Å². The van der Waals surface area contributed by atoms with Crippen LogP contribution in [0.3, 0.4) is 0 Å². The number of benzene rings is 1. The molecule has 0 amide bonds. The van der Waals surface area contributed by atoms with Crippen molar-refractivity contribution in [3.8, 4) is 0 Å². The second-order valence-electron chi connectivity index (χ2n) is 3.59.